The summed E-state index contributed by atoms with van der Waals surface area (Å²) in [5, 5.41) is 0. The molecule has 1 heterocycles. The van der Waals surface area contributed by atoms with Gasteiger partial charge in [0, 0.05) is 11.8 Å². The smallest absolute Gasteiger partial charge is 0.307 e. The van der Waals surface area contributed by atoms with Crippen LogP contribution in [0.4, 0.5) is 0 Å². The summed E-state index contributed by atoms with van der Waals surface area (Å²) in [6.45, 7) is 7.78. The Kier molecular flexibility index (Phi) is 2.98. The molecule has 1 aliphatic heterocycles. The van der Waals surface area contributed by atoms with Crippen molar-refractivity contribution in [1.82, 2.24) is 0 Å². The van der Waals surface area contributed by atoms with E-state index in [-0.39, 0.29) is 17.2 Å². The van der Waals surface area contributed by atoms with Crippen LogP contribution < -0.4 is 0 Å². The van der Waals surface area contributed by atoms with E-state index in [4.69, 9.17) is 4.74 Å². The van der Waals surface area contributed by atoms with Crippen molar-refractivity contribution >= 4 is 11.8 Å². The third kappa shape index (κ3) is 2.34. The summed E-state index contributed by atoms with van der Waals surface area (Å²) in [7, 11) is 0. The fourth-order valence-electron chi connectivity index (χ4n) is 1.81. The Hall–Kier alpha value is -0.860. The van der Waals surface area contributed by atoms with Gasteiger partial charge in [0.1, 0.15) is 0 Å². The number of carbonyl (C=O) groups excluding carboxylic acids is 2. The molecule has 14 heavy (non-hydrogen) atoms. The third-order valence-corrected chi connectivity index (χ3v) is 2.46. The van der Waals surface area contributed by atoms with Gasteiger partial charge >= 0.3 is 5.97 Å². The summed E-state index contributed by atoms with van der Waals surface area (Å²) >= 11 is 0. The molecule has 80 valence electrons. The van der Waals surface area contributed by atoms with Crippen LogP contribution in [0.25, 0.3) is 0 Å². The largest absolute Gasteiger partial charge is 0.454 e. The number of Topliss-reactive ketones (excluding diaryl/α,β-unsaturated/α-hetero) is 1. The Bertz CT molecular complexity index is 253. The molecule has 0 aromatic rings. The van der Waals surface area contributed by atoms with Crippen LogP contribution in [0.2, 0.25) is 0 Å². The van der Waals surface area contributed by atoms with Crippen LogP contribution in [-0.2, 0) is 14.3 Å². The van der Waals surface area contributed by atoms with Crippen LogP contribution in [0.15, 0.2) is 0 Å². The molecule has 1 rings (SSSR count). The van der Waals surface area contributed by atoms with Crippen molar-refractivity contribution in [3.05, 3.63) is 0 Å². The normalized spacial score (nSPS) is 25.2. The Morgan fingerprint density at radius 1 is 1.57 bits per heavy atom. The quantitative estimate of drug-likeness (QED) is 0.651. The van der Waals surface area contributed by atoms with Crippen LogP contribution in [0.1, 0.15) is 40.5 Å². The van der Waals surface area contributed by atoms with Crippen molar-refractivity contribution in [3.63, 3.8) is 0 Å². The standard InChI is InChI=1S/C11H18O3/c1-7(2)5-8(12)10-11(3,4)6-9(13)14-10/h7,10H,5-6H2,1-4H3. The zero-order valence-corrected chi connectivity index (χ0v) is 9.29. The van der Waals surface area contributed by atoms with Crippen LogP contribution >= 0.6 is 0 Å². The van der Waals surface area contributed by atoms with E-state index >= 15 is 0 Å². The molecule has 3 nitrogen and oxygen atoms in total. The minimum Gasteiger partial charge on any atom is -0.454 e. The third-order valence-electron chi connectivity index (χ3n) is 2.46. The summed E-state index contributed by atoms with van der Waals surface area (Å²) in [6, 6.07) is 0. The first-order chi connectivity index (χ1) is 6.33. The van der Waals surface area contributed by atoms with Crippen molar-refractivity contribution in [2.75, 3.05) is 0 Å². The topological polar surface area (TPSA) is 43.4 Å². The van der Waals surface area contributed by atoms with Crippen molar-refractivity contribution in [2.24, 2.45) is 11.3 Å². The SMILES string of the molecule is CC(C)CC(=O)C1OC(=O)CC1(C)C. The van der Waals surface area contributed by atoms with E-state index in [1.54, 1.807) is 0 Å². The van der Waals surface area contributed by atoms with E-state index < -0.39 is 6.10 Å². The van der Waals surface area contributed by atoms with Crippen LogP contribution in [-0.4, -0.2) is 17.9 Å². The van der Waals surface area contributed by atoms with E-state index in [0.29, 0.717) is 18.8 Å². The van der Waals surface area contributed by atoms with Gasteiger partial charge in [0.25, 0.3) is 0 Å². The van der Waals surface area contributed by atoms with Crippen LogP contribution in [0.3, 0.4) is 0 Å². The van der Waals surface area contributed by atoms with Gasteiger partial charge in [-0.2, -0.15) is 0 Å². The molecule has 1 fully saturated rings. The Morgan fingerprint density at radius 3 is 2.50 bits per heavy atom. The van der Waals surface area contributed by atoms with Crippen molar-refractivity contribution in [1.29, 1.82) is 0 Å². The Labute approximate surface area is 84.8 Å². The van der Waals surface area contributed by atoms with Gasteiger partial charge in [0.15, 0.2) is 11.9 Å². The number of rotatable bonds is 3. The second-order valence-corrected chi connectivity index (χ2v) is 5.10. The average Bonchev–Trinajstić information content (AvgIpc) is 2.22. The molecule has 0 aromatic carbocycles. The number of ether oxygens (including phenoxy) is 1. The maximum Gasteiger partial charge on any atom is 0.307 e. The highest BCUT2D eigenvalue weighted by atomic mass is 16.6. The molecule has 1 aliphatic rings. The van der Waals surface area contributed by atoms with Gasteiger partial charge in [-0.15, -0.1) is 0 Å². The van der Waals surface area contributed by atoms with Gasteiger partial charge in [-0.1, -0.05) is 27.7 Å². The molecular weight excluding hydrogens is 180 g/mol. The fraction of sp³-hybridized carbons (Fsp3) is 0.818. The number of ketones is 1. The minimum absolute atomic E-state index is 0.0517. The second kappa shape index (κ2) is 3.71. The highest BCUT2D eigenvalue weighted by Crippen LogP contribution is 2.36. The first-order valence-electron chi connectivity index (χ1n) is 5.05. The van der Waals surface area contributed by atoms with Crippen molar-refractivity contribution in [2.45, 2.75) is 46.6 Å². The minimum atomic E-state index is -0.530. The van der Waals surface area contributed by atoms with E-state index in [2.05, 4.69) is 0 Å². The van der Waals surface area contributed by atoms with E-state index in [1.165, 1.54) is 0 Å². The summed E-state index contributed by atoms with van der Waals surface area (Å²) < 4.78 is 5.05. The summed E-state index contributed by atoms with van der Waals surface area (Å²) in [6.07, 6.45) is 0.306. The fourth-order valence-corrected chi connectivity index (χ4v) is 1.81. The lowest BCUT2D eigenvalue weighted by atomic mass is 9.82. The summed E-state index contributed by atoms with van der Waals surface area (Å²) in [5.41, 5.74) is -0.330. The Morgan fingerprint density at radius 2 is 2.14 bits per heavy atom. The van der Waals surface area contributed by atoms with E-state index in [1.807, 2.05) is 27.7 Å². The number of esters is 1. The molecule has 0 N–H and O–H groups in total. The lowest BCUT2D eigenvalue weighted by Crippen LogP contribution is -2.33. The van der Waals surface area contributed by atoms with Gasteiger partial charge in [-0.25, -0.2) is 0 Å². The molecule has 0 spiro atoms. The predicted octanol–water partition coefficient (Wildman–Crippen LogP) is 1.94. The van der Waals surface area contributed by atoms with Gasteiger partial charge in [-0.05, 0) is 5.92 Å². The second-order valence-electron chi connectivity index (χ2n) is 5.10. The predicted molar refractivity (Wildman–Crippen MR) is 52.7 cm³/mol. The van der Waals surface area contributed by atoms with E-state index in [0.717, 1.165) is 0 Å². The molecule has 1 atom stereocenters. The lowest BCUT2D eigenvalue weighted by Gasteiger charge is -2.22. The monoisotopic (exact) mass is 198 g/mol. The number of carbonyl (C=O) groups is 2. The Balaban J connectivity index is 2.68. The van der Waals surface area contributed by atoms with Gasteiger partial charge < -0.3 is 4.74 Å². The molecule has 1 saturated heterocycles. The first-order valence-corrected chi connectivity index (χ1v) is 5.05. The highest BCUT2D eigenvalue weighted by Gasteiger charge is 2.45. The van der Waals surface area contributed by atoms with Gasteiger partial charge in [0.2, 0.25) is 0 Å². The first kappa shape index (κ1) is 11.2. The lowest BCUT2D eigenvalue weighted by molar-refractivity contribution is -0.149. The zero-order chi connectivity index (χ0) is 10.9. The zero-order valence-electron chi connectivity index (χ0n) is 9.29. The molecule has 0 bridgehead atoms. The molecule has 0 saturated carbocycles. The maximum atomic E-state index is 11.7. The molecule has 0 aliphatic carbocycles. The summed E-state index contributed by atoms with van der Waals surface area (Å²) in [5.74, 6) is 0.116. The highest BCUT2D eigenvalue weighted by molar-refractivity contribution is 5.89. The van der Waals surface area contributed by atoms with Gasteiger partial charge in [-0.3, -0.25) is 9.59 Å². The van der Waals surface area contributed by atoms with Gasteiger partial charge in [0.05, 0.1) is 6.42 Å². The van der Waals surface area contributed by atoms with Crippen molar-refractivity contribution in [3.8, 4) is 0 Å². The number of hydrogen-bond acceptors (Lipinski definition) is 3. The average molecular weight is 198 g/mol. The maximum absolute atomic E-state index is 11.7. The molecule has 3 heteroatoms. The number of cyclic esters (lactones) is 1. The summed E-state index contributed by atoms with van der Waals surface area (Å²) in [4.78, 5) is 22.8. The van der Waals surface area contributed by atoms with Crippen LogP contribution in [0.5, 0.6) is 0 Å². The van der Waals surface area contributed by atoms with E-state index in [9.17, 15) is 9.59 Å². The molecule has 1 unspecified atom stereocenters. The molecular formula is C11H18O3. The number of hydrogen-bond donors (Lipinski definition) is 0. The van der Waals surface area contributed by atoms with Crippen LogP contribution in [0, 0.1) is 11.3 Å². The molecule has 0 radical (unpaired) electrons. The molecule has 0 amide bonds. The molecule has 0 aromatic heterocycles. The van der Waals surface area contributed by atoms with Crippen molar-refractivity contribution < 1.29 is 14.3 Å².